The average Bonchev–Trinajstić information content (AvgIpc) is 2.84. The number of benzene rings is 1. The molecule has 2 aliphatic heterocycles. The normalized spacial score (nSPS) is 18.4. The summed E-state index contributed by atoms with van der Waals surface area (Å²) >= 11 is 0. The maximum Gasteiger partial charge on any atom is 0.261 e. The second-order valence-electron chi connectivity index (χ2n) is 7.33. The van der Waals surface area contributed by atoms with E-state index in [2.05, 4.69) is 0 Å². The van der Waals surface area contributed by atoms with E-state index in [1.54, 1.807) is 11.0 Å². The predicted molar refractivity (Wildman–Crippen MR) is 99.0 cm³/mol. The SMILES string of the molecule is CC(C)CN1C(=O)c2ccc(C(=O)N3CCN(S(C)(=O)=O)CC3)cc2C1=O. The van der Waals surface area contributed by atoms with E-state index in [1.165, 1.54) is 21.3 Å². The van der Waals surface area contributed by atoms with Crippen molar-refractivity contribution in [1.82, 2.24) is 14.1 Å². The van der Waals surface area contributed by atoms with Gasteiger partial charge in [0.25, 0.3) is 17.7 Å². The molecule has 27 heavy (non-hydrogen) atoms. The van der Waals surface area contributed by atoms with Crippen molar-refractivity contribution in [3.63, 3.8) is 0 Å². The number of carbonyl (C=O) groups excluding carboxylic acids is 3. The van der Waals surface area contributed by atoms with Crippen molar-refractivity contribution in [2.45, 2.75) is 13.8 Å². The van der Waals surface area contributed by atoms with Gasteiger partial charge in [0.1, 0.15) is 0 Å². The zero-order valence-electron chi connectivity index (χ0n) is 15.6. The highest BCUT2D eigenvalue weighted by Crippen LogP contribution is 2.25. The molecule has 2 heterocycles. The molecule has 3 amide bonds. The molecule has 0 saturated carbocycles. The Hall–Kier alpha value is -2.26. The van der Waals surface area contributed by atoms with E-state index < -0.39 is 10.0 Å². The molecule has 0 atom stereocenters. The molecule has 0 bridgehead atoms. The van der Waals surface area contributed by atoms with E-state index in [4.69, 9.17) is 0 Å². The molecule has 0 unspecified atom stereocenters. The smallest absolute Gasteiger partial charge is 0.261 e. The molecule has 0 aliphatic carbocycles. The molecule has 2 aliphatic rings. The number of amides is 3. The highest BCUT2D eigenvalue weighted by atomic mass is 32.2. The fraction of sp³-hybridized carbons (Fsp3) is 0.500. The van der Waals surface area contributed by atoms with Crippen molar-refractivity contribution in [1.29, 1.82) is 0 Å². The van der Waals surface area contributed by atoms with Crippen molar-refractivity contribution in [2.24, 2.45) is 5.92 Å². The summed E-state index contributed by atoms with van der Waals surface area (Å²) in [6.07, 6.45) is 1.15. The molecule has 9 heteroatoms. The first-order chi connectivity index (χ1) is 12.6. The minimum Gasteiger partial charge on any atom is -0.336 e. The fourth-order valence-electron chi connectivity index (χ4n) is 3.36. The van der Waals surface area contributed by atoms with Crippen molar-refractivity contribution in [3.05, 3.63) is 34.9 Å². The van der Waals surface area contributed by atoms with E-state index in [1.807, 2.05) is 13.8 Å². The Balaban J connectivity index is 1.77. The quantitative estimate of drug-likeness (QED) is 0.700. The van der Waals surface area contributed by atoms with Gasteiger partial charge in [-0.15, -0.1) is 0 Å². The van der Waals surface area contributed by atoms with E-state index >= 15 is 0 Å². The van der Waals surface area contributed by atoms with E-state index in [-0.39, 0.29) is 55.4 Å². The van der Waals surface area contributed by atoms with Gasteiger partial charge in [0.15, 0.2) is 0 Å². The molecule has 0 N–H and O–H groups in total. The fourth-order valence-corrected chi connectivity index (χ4v) is 4.19. The van der Waals surface area contributed by atoms with Crippen molar-refractivity contribution in [3.8, 4) is 0 Å². The Morgan fingerprint density at radius 2 is 1.63 bits per heavy atom. The molecule has 3 rings (SSSR count). The van der Waals surface area contributed by atoms with E-state index in [0.717, 1.165) is 6.26 Å². The average molecular weight is 393 g/mol. The lowest BCUT2D eigenvalue weighted by Crippen LogP contribution is -2.50. The van der Waals surface area contributed by atoms with Crippen LogP contribution < -0.4 is 0 Å². The maximum absolute atomic E-state index is 12.8. The van der Waals surface area contributed by atoms with E-state index in [0.29, 0.717) is 17.7 Å². The number of sulfonamides is 1. The molecule has 1 saturated heterocycles. The summed E-state index contributed by atoms with van der Waals surface area (Å²) in [6.45, 7) is 5.25. The number of imide groups is 1. The van der Waals surface area contributed by atoms with Crippen molar-refractivity contribution in [2.75, 3.05) is 39.0 Å². The molecule has 0 spiro atoms. The van der Waals surface area contributed by atoms with Gasteiger partial charge in [-0.05, 0) is 24.1 Å². The van der Waals surface area contributed by atoms with Crippen molar-refractivity contribution < 1.29 is 22.8 Å². The number of nitrogens with zero attached hydrogens (tertiary/aromatic N) is 3. The number of rotatable bonds is 4. The maximum atomic E-state index is 12.8. The van der Waals surface area contributed by atoms with Gasteiger partial charge in [0.05, 0.1) is 17.4 Å². The standard InChI is InChI=1S/C18H23N3O5S/c1-12(2)11-21-17(23)14-5-4-13(10-15(14)18(21)24)16(22)19-6-8-20(9-7-19)27(3,25)26/h4-5,10,12H,6-9,11H2,1-3H3. The Bertz CT molecular complexity index is 902. The number of fused-ring (bicyclic) bond motifs is 1. The third-order valence-corrected chi connectivity index (χ3v) is 6.06. The number of carbonyl (C=O) groups is 3. The van der Waals surface area contributed by atoms with Crippen LogP contribution in [0.15, 0.2) is 18.2 Å². The molecular formula is C18H23N3O5S. The summed E-state index contributed by atoms with van der Waals surface area (Å²) in [5.74, 6) is -0.822. The van der Waals surface area contributed by atoms with Gasteiger partial charge in [-0.1, -0.05) is 13.8 Å². The Morgan fingerprint density at radius 1 is 1.04 bits per heavy atom. The molecule has 146 valence electrons. The summed E-state index contributed by atoms with van der Waals surface area (Å²) in [6, 6.07) is 4.55. The lowest BCUT2D eigenvalue weighted by Gasteiger charge is -2.33. The second kappa shape index (κ2) is 7.05. The summed E-state index contributed by atoms with van der Waals surface area (Å²) in [5.41, 5.74) is 0.898. The van der Waals surface area contributed by atoms with Crippen LogP contribution in [0.1, 0.15) is 44.9 Å². The van der Waals surface area contributed by atoms with Gasteiger partial charge in [-0.3, -0.25) is 19.3 Å². The lowest BCUT2D eigenvalue weighted by molar-refractivity contribution is 0.0635. The molecule has 1 fully saturated rings. The van der Waals surface area contributed by atoms with Gasteiger partial charge >= 0.3 is 0 Å². The largest absolute Gasteiger partial charge is 0.336 e. The van der Waals surface area contributed by atoms with Gasteiger partial charge in [0, 0.05) is 38.3 Å². The number of hydrogen-bond acceptors (Lipinski definition) is 5. The van der Waals surface area contributed by atoms with Crippen molar-refractivity contribution >= 4 is 27.7 Å². The monoisotopic (exact) mass is 393 g/mol. The Labute approximate surface area is 158 Å². The molecule has 0 aromatic heterocycles. The van der Waals surface area contributed by atoms with Crippen LogP contribution in [0.5, 0.6) is 0 Å². The van der Waals surface area contributed by atoms with Crippen LogP contribution in [0.25, 0.3) is 0 Å². The first-order valence-corrected chi connectivity index (χ1v) is 10.7. The molecule has 8 nitrogen and oxygen atoms in total. The van der Waals surface area contributed by atoms with Gasteiger partial charge < -0.3 is 4.90 Å². The van der Waals surface area contributed by atoms with Gasteiger partial charge in [-0.25, -0.2) is 8.42 Å². The van der Waals surface area contributed by atoms with Gasteiger partial charge in [-0.2, -0.15) is 4.31 Å². The van der Waals surface area contributed by atoms with Gasteiger partial charge in [0.2, 0.25) is 10.0 Å². The molecular weight excluding hydrogens is 370 g/mol. The highest BCUT2D eigenvalue weighted by Gasteiger charge is 2.36. The first kappa shape index (κ1) is 19.5. The Kier molecular flexibility index (Phi) is 5.09. The predicted octanol–water partition coefficient (Wildman–Crippen LogP) is 0.656. The zero-order chi connectivity index (χ0) is 19.9. The summed E-state index contributed by atoms with van der Waals surface area (Å²) in [4.78, 5) is 40.5. The summed E-state index contributed by atoms with van der Waals surface area (Å²) < 4.78 is 24.5. The number of piperazine rings is 1. The number of hydrogen-bond donors (Lipinski definition) is 0. The molecule has 1 aromatic rings. The minimum absolute atomic E-state index is 0.152. The topological polar surface area (TPSA) is 95.1 Å². The third kappa shape index (κ3) is 3.74. The summed E-state index contributed by atoms with van der Waals surface area (Å²) in [7, 11) is -3.27. The van der Waals surface area contributed by atoms with Crippen LogP contribution in [0.4, 0.5) is 0 Å². The van der Waals surface area contributed by atoms with Crippen LogP contribution in [0.2, 0.25) is 0 Å². The molecule has 0 radical (unpaired) electrons. The van der Waals surface area contributed by atoms with Crippen LogP contribution in [-0.4, -0.2) is 79.2 Å². The Morgan fingerprint density at radius 3 is 2.19 bits per heavy atom. The summed E-state index contributed by atoms with van der Waals surface area (Å²) in [5, 5.41) is 0. The molecule has 1 aromatic carbocycles. The minimum atomic E-state index is -3.27. The van der Waals surface area contributed by atoms with Crippen LogP contribution in [0, 0.1) is 5.92 Å². The van der Waals surface area contributed by atoms with E-state index in [9.17, 15) is 22.8 Å². The van der Waals surface area contributed by atoms with Crippen LogP contribution >= 0.6 is 0 Å². The first-order valence-electron chi connectivity index (χ1n) is 8.84. The van der Waals surface area contributed by atoms with Crippen LogP contribution in [-0.2, 0) is 10.0 Å². The third-order valence-electron chi connectivity index (χ3n) is 4.76. The zero-order valence-corrected chi connectivity index (χ0v) is 16.5. The highest BCUT2D eigenvalue weighted by molar-refractivity contribution is 7.88. The second-order valence-corrected chi connectivity index (χ2v) is 9.31. The lowest BCUT2D eigenvalue weighted by atomic mass is 10.0. The van der Waals surface area contributed by atoms with Crippen LogP contribution in [0.3, 0.4) is 0 Å².